The van der Waals surface area contributed by atoms with Crippen LogP contribution in [0.2, 0.25) is 0 Å². The van der Waals surface area contributed by atoms with Crippen LogP contribution < -0.4 is 18.3 Å². The molecule has 16 heterocycles. The van der Waals surface area contributed by atoms with Gasteiger partial charge in [-0.3, -0.25) is 0 Å². The average Bonchev–Trinajstić information content (AvgIpc) is 1.53. The first-order valence-electron chi connectivity index (χ1n) is 29.0. The average molecular weight is 1040 g/mol. The van der Waals surface area contributed by atoms with Crippen LogP contribution in [-0.2, 0) is 11.8 Å². The van der Waals surface area contributed by atoms with Crippen molar-refractivity contribution in [3.63, 3.8) is 0 Å². The predicted octanol–water partition coefficient (Wildman–Crippen LogP) is 13.5. The van der Waals surface area contributed by atoms with Gasteiger partial charge in [0.25, 0.3) is 22.1 Å². The first-order chi connectivity index (χ1) is 40.7. The molecule has 0 radical (unpaired) electrons. The highest BCUT2D eigenvalue weighted by Gasteiger charge is 2.74. The molecule has 0 amide bonds. The summed E-state index contributed by atoms with van der Waals surface area (Å²) in [4.78, 5) is 0. The Balaban J connectivity index is 0.803. The number of hydrogen-bond acceptors (Lipinski definition) is 0. The molecule has 9 aromatic carbocycles. The fraction of sp³-hybridized carbons (Fsp3) is 0.0541. The van der Waals surface area contributed by atoms with E-state index in [0.29, 0.717) is 0 Å². The van der Waals surface area contributed by atoms with E-state index < -0.39 is 11.8 Å². The highest BCUT2D eigenvalue weighted by Crippen LogP contribution is 2.58. The first-order valence-corrected chi connectivity index (χ1v) is 29.0. The smallest absolute Gasteiger partial charge is 0.201 e. The second-order valence-corrected chi connectivity index (χ2v) is 24.7. The Morgan fingerprint density at radius 2 is 0.537 bits per heavy atom. The quantitative estimate of drug-likeness (QED) is 0.0940. The summed E-state index contributed by atoms with van der Waals surface area (Å²) < 4.78 is 22.0. The van der Waals surface area contributed by atoms with Gasteiger partial charge in [0.1, 0.15) is 0 Å². The van der Waals surface area contributed by atoms with Crippen LogP contribution in [0.15, 0.2) is 218 Å². The topological polar surface area (TPSA) is 35.2 Å². The SMILES string of the molecule is c1cc(C2c3cc4cccc5c4n3C34n6c2cc2cccc(c26)-c2ccc6ccc7ccc-5[n+]3c7c6[n+]24)c2cc3c(C4c5cc6cccc7c6n5C56n8c4cc4cccc(c48)-c4ccc8ccc9ccc-7[n+]5c9c8[n+]46)cccc3cc2c1. The third-order valence-corrected chi connectivity index (χ3v) is 21.6. The summed E-state index contributed by atoms with van der Waals surface area (Å²) in [5.41, 5.74) is 28.4. The van der Waals surface area contributed by atoms with Gasteiger partial charge < -0.3 is 0 Å². The molecule has 8 heteroatoms. The molecule has 370 valence electrons. The van der Waals surface area contributed by atoms with Gasteiger partial charge >= 0.3 is 11.8 Å². The van der Waals surface area contributed by atoms with Crippen LogP contribution in [0.25, 0.3) is 154 Å². The molecule has 0 fully saturated rings. The van der Waals surface area contributed by atoms with Crippen LogP contribution in [0, 0.1) is 0 Å². The fourth-order valence-corrected chi connectivity index (χ4v) is 19.1. The van der Waals surface area contributed by atoms with E-state index in [1.165, 1.54) is 188 Å². The Morgan fingerprint density at radius 3 is 0.854 bits per heavy atom. The summed E-state index contributed by atoms with van der Waals surface area (Å²) in [7, 11) is 0. The van der Waals surface area contributed by atoms with Crippen molar-refractivity contribution >= 4 is 109 Å². The van der Waals surface area contributed by atoms with E-state index in [1.54, 1.807) is 0 Å². The summed E-state index contributed by atoms with van der Waals surface area (Å²) in [5.74, 6) is -1.68. The molecule has 0 unspecified atom stereocenters. The van der Waals surface area contributed by atoms with Crippen molar-refractivity contribution in [2.24, 2.45) is 0 Å². The lowest BCUT2D eigenvalue weighted by Gasteiger charge is -2.39. The molecule has 2 spiro atoms. The molecule has 8 nitrogen and oxygen atoms in total. The van der Waals surface area contributed by atoms with Crippen molar-refractivity contribution in [3.05, 3.63) is 252 Å². The Hall–Kier alpha value is -10.7. The van der Waals surface area contributed by atoms with E-state index in [9.17, 15) is 0 Å². The van der Waals surface area contributed by atoms with Crippen LogP contribution >= 0.6 is 0 Å². The zero-order valence-electron chi connectivity index (χ0n) is 43.5. The van der Waals surface area contributed by atoms with Gasteiger partial charge in [0.2, 0.25) is 22.8 Å². The molecule has 0 atom stereocenters. The molecule has 8 aromatic heterocycles. The largest absolute Gasteiger partial charge is 0.553 e. The number of hydrogen-bond donors (Lipinski definition) is 0. The van der Waals surface area contributed by atoms with Crippen molar-refractivity contribution < 1.29 is 18.3 Å². The normalized spacial score (nSPS) is 17.0. The summed E-state index contributed by atoms with van der Waals surface area (Å²) in [5, 5.41) is 15.2. The first kappa shape index (κ1) is 38.8. The molecule has 0 saturated heterocycles. The lowest BCUT2D eigenvalue weighted by atomic mass is 9.83. The minimum Gasteiger partial charge on any atom is -0.201 e. The molecular weight excluding hydrogens is 1000 g/mol. The predicted molar refractivity (Wildman–Crippen MR) is 319 cm³/mol. The number of rotatable bonds is 2. The van der Waals surface area contributed by atoms with Gasteiger partial charge in [-0.2, -0.15) is 0 Å². The number of fused-ring (bicyclic) bond motifs is 6. The maximum atomic E-state index is 2.78. The minimum absolute atomic E-state index is 0.0927. The Bertz CT molecular complexity index is 5600. The highest BCUT2D eigenvalue weighted by atomic mass is 15.6. The van der Waals surface area contributed by atoms with Crippen molar-refractivity contribution in [1.29, 1.82) is 0 Å². The van der Waals surface area contributed by atoms with E-state index in [1.807, 2.05) is 0 Å². The van der Waals surface area contributed by atoms with E-state index >= 15 is 0 Å². The van der Waals surface area contributed by atoms with Crippen molar-refractivity contribution in [1.82, 2.24) is 18.3 Å². The molecule has 25 rings (SSSR count). The molecule has 8 aliphatic rings. The molecular formula is C74H38N8+4. The van der Waals surface area contributed by atoms with E-state index in [-0.39, 0.29) is 11.8 Å². The van der Waals surface area contributed by atoms with Crippen LogP contribution in [-0.4, -0.2) is 18.3 Å². The minimum atomic E-state index is -0.749. The fourth-order valence-electron chi connectivity index (χ4n) is 19.1. The highest BCUT2D eigenvalue weighted by molar-refractivity contribution is 6.09. The van der Waals surface area contributed by atoms with Gasteiger partial charge in [-0.1, -0.05) is 103 Å². The van der Waals surface area contributed by atoms with Gasteiger partial charge in [-0.15, -0.1) is 0 Å². The number of para-hydroxylation sites is 4. The molecule has 17 aromatic rings. The molecule has 0 aliphatic carbocycles. The maximum absolute atomic E-state index is 2.78. The van der Waals surface area contributed by atoms with Gasteiger partial charge in [0.05, 0.1) is 77.7 Å². The van der Waals surface area contributed by atoms with Crippen molar-refractivity contribution in [2.75, 3.05) is 0 Å². The van der Waals surface area contributed by atoms with Crippen LogP contribution in [0.4, 0.5) is 0 Å². The molecule has 0 N–H and O–H groups in total. The van der Waals surface area contributed by atoms with Gasteiger partial charge in [-0.25, -0.2) is 18.3 Å². The standard InChI is InChI=1S/C74H38N8/c1-7-41-31-42-8-2-14-48(64-61-34-45-11-5-17-51-57-29-25-39-21-22-40-26-30-58-52-18-6-12-46-35-62(64)82(68(46)52)74(81(61)67(45)51)77(57)71(39)72(40)78(58)74)54(42)36-53(41)47(13-1)63-59-32-43-9-3-15-49-55-27-23-37-19-20-38-24-28-56-50-16-4-10-44-33-60(63)80(66(44)50)73(79(59)65(43)49)75(55)69(37)70(38)76(56)73/h1-36,63-64H/q+4. The lowest BCUT2D eigenvalue weighted by Crippen LogP contribution is -2.81. The van der Waals surface area contributed by atoms with E-state index in [0.717, 1.165) is 0 Å². The monoisotopic (exact) mass is 1040 g/mol. The summed E-state index contributed by atoms with van der Waals surface area (Å²) in [6.07, 6.45) is 0. The van der Waals surface area contributed by atoms with E-state index in [2.05, 4.69) is 255 Å². The van der Waals surface area contributed by atoms with Crippen molar-refractivity contribution in [3.8, 4) is 45.0 Å². The zero-order chi connectivity index (χ0) is 51.9. The molecule has 0 saturated carbocycles. The Labute approximate surface area is 463 Å². The van der Waals surface area contributed by atoms with Crippen LogP contribution in [0.1, 0.15) is 45.7 Å². The van der Waals surface area contributed by atoms with Gasteiger partial charge in [0, 0.05) is 68.6 Å². The third-order valence-electron chi connectivity index (χ3n) is 21.6. The number of benzene rings is 9. The summed E-state index contributed by atoms with van der Waals surface area (Å²) in [6.45, 7) is 0. The van der Waals surface area contributed by atoms with Gasteiger partial charge in [-0.05, 0) is 142 Å². The summed E-state index contributed by atoms with van der Waals surface area (Å²) >= 11 is 0. The molecule has 82 heavy (non-hydrogen) atoms. The maximum Gasteiger partial charge on any atom is 0.553 e. The Morgan fingerprint density at radius 1 is 0.256 bits per heavy atom. The van der Waals surface area contributed by atoms with Crippen LogP contribution in [0.5, 0.6) is 0 Å². The molecule has 0 bridgehead atoms. The molecule has 8 aliphatic heterocycles. The second-order valence-electron chi connectivity index (χ2n) is 24.7. The Kier molecular flexibility index (Phi) is 5.57. The van der Waals surface area contributed by atoms with Gasteiger partial charge in [0.15, 0.2) is 0 Å². The lowest BCUT2D eigenvalue weighted by molar-refractivity contribution is -0.965. The number of nitrogens with zero attached hydrogens (tertiary/aromatic N) is 8. The number of aromatic nitrogens is 8. The second kappa shape index (κ2) is 11.8. The van der Waals surface area contributed by atoms with Crippen molar-refractivity contribution in [2.45, 2.75) is 23.7 Å². The number of pyridine rings is 4. The zero-order valence-corrected chi connectivity index (χ0v) is 43.5. The van der Waals surface area contributed by atoms with E-state index in [4.69, 9.17) is 0 Å². The van der Waals surface area contributed by atoms with Crippen LogP contribution in [0.3, 0.4) is 0 Å². The summed E-state index contributed by atoms with van der Waals surface area (Å²) in [6, 6.07) is 85.8. The third kappa shape index (κ3) is 3.51.